The summed E-state index contributed by atoms with van der Waals surface area (Å²) in [6.45, 7) is 11.6. The molecule has 1 N–H and O–H groups in total. The first-order valence-electron chi connectivity index (χ1n) is 6.84. The number of allylic oxidation sites excluding steroid dienone is 2. The van der Waals surface area contributed by atoms with Crippen LogP contribution < -0.4 is 5.32 Å². The van der Waals surface area contributed by atoms with E-state index in [1.54, 1.807) is 0 Å². The van der Waals surface area contributed by atoms with E-state index in [2.05, 4.69) is 46.0 Å². The third-order valence-corrected chi connectivity index (χ3v) is 3.79. The van der Waals surface area contributed by atoms with Gasteiger partial charge in [-0.2, -0.15) is 0 Å². The van der Waals surface area contributed by atoms with E-state index in [1.165, 1.54) is 18.4 Å². The Morgan fingerprint density at radius 1 is 1.29 bits per heavy atom. The quantitative estimate of drug-likeness (QED) is 0.555. The van der Waals surface area contributed by atoms with Gasteiger partial charge in [0.05, 0.1) is 5.92 Å². The molecule has 1 aliphatic rings. The number of hydrogen-bond donors (Lipinski definition) is 1. The zero-order valence-electron chi connectivity index (χ0n) is 12.0. The lowest BCUT2D eigenvalue weighted by molar-refractivity contribution is -0.123. The third kappa shape index (κ3) is 3.58. The van der Waals surface area contributed by atoms with Crippen LogP contribution in [0.4, 0.5) is 0 Å². The summed E-state index contributed by atoms with van der Waals surface area (Å²) in [4.78, 5) is 12.0. The lowest BCUT2D eigenvalue weighted by atomic mass is 10.1. The lowest BCUT2D eigenvalue weighted by Gasteiger charge is -2.05. The predicted molar refractivity (Wildman–Crippen MR) is 72.7 cm³/mol. The van der Waals surface area contributed by atoms with Crippen LogP contribution in [-0.4, -0.2) is 12.5 Å². The molecule has 98 valence electrons. The Morgan fingerprint density at radius 2 is 1.94 bits per heavy atom. The minimum Gasteiger partial charge on any atom is -0.356 e. The van der Waals surface area contributed by atoms with Gasteiger partial charge >= 0.3 is 0 Å². The molecule has 0 heterocycles. The first kappa shape index (κ1) is 14.3. The molecule has 1 saturated carbocycles. The van der Waals surface area contributed by atoms with Crippen LogP contribution in [0.1, 0.15) is 53.9 Å². The molecule has 1 rings (SSSR count). The topological polar surface area (TPSA) is 29.1 Å². The van der Waals surface area contributed by atoms with Gasteiger partial charge in [0, 0.05) is 6.54 Å². The number of amides is 1. The van der Waals surface area contributed by atoms with Crippen LogP contribution in [0.5, 0.6) is 0 Å². The lowest BCUT2D eigenvalue weighted by Crippen LogP contribution is -2.27. The van der Waals surface area contributed by atoms with Crippen LogP contribution in [0.2, 0.25) is 0 Å². The fraction of sp³-hybridized carbons (Fsp3) is 0.800. The van der Waals surface area contributed by atoms with Crippen molar-refractivity contribution in [2.45, 2.75) is 53.9 Å². The molecule has 0 radical (unpaired) electrons. The van der Waals surface area contributed by atoms with Crippen LogP contribution in [-0.2, 0) is 4.79 Å². The number of unbranched alkanes of at least 4 members (excludes halogenated alkanes) is 2. The molecule has 1 fully saturated rings. The van der Waals surface area contributed by atoms with Gasteiger partial charge in [-0.05, 0) is 31.6 Å². The average Bonchev–Trinajstić information content (AvgIpc) is 2.74. The molecule has 0 aromatic rings. The van der Waals surface area contributed by atoms with Crippen molar-refractivity contribution < 1.29 is 4.79 Å². The molecule has 0 spiro atoms. The van der Waals surface area contributed by atoms with E-state index in [4.69, 9.17) is 0 Å². The van der Waals surface area contributed by atoms with Crippen molar-refractivity contribution in [2.75, 3.05) is 6.54 Å². The number of nitrogens with one attached hydrogen (secondary N) is 1. The minimum absolute atomic E-state index is 0.145. The highest BCUT2D eigenvalue weighted by molar-refractivity contribution is 5.83. The standard InChI is InChI=1S/C15H27NO/c1-6-7-8-9-16-14(17)13-12(10-11(2)3)15(13,4)5/h10,12-13H,6-9H2,1-5H3,(H,16,17). The smallest absolute Gasteiger partial charge is 0.224 e. The van der Waals surface area contributed by atoms with Crippen LogP contribution in [0.15, 0.2) is 11.6 Å². The van der Waals surface area contributed by atoms with Gasteiger partial charge in [0.25, 0.3) is 0 Å². The molecule has 0 aliphatic heterocycles. The first-order chi connectivity index (χ1) is 7.91. The molecule has 17 heavy (non-hydrogen) atoms. The summed E-state index contributed by atoms with van der Waals surface area (Å²) in [6.07, 6.45) is 5.75. The molecular weight excluding hydrogens is 210 g/mol. The van der Waals surface area contributed by atoms with E-state index in [0.717, 1.165) is 13.0 Å². The summed E-state index contributed by atoms with van der Waals surface area (Å²) in [6, 6.07) is 0. The summed E-state index contributed by atoms with van der Waals surface area (Å²) < 4.78 is 0. The van der Waals surface area contributed by atoms with Crippen molar-refractivity contribution in [1.82, 2.24) is 5.32 Å². The molecule has 1 amide bonds. The third-order valence-electron chi connectivity index (χ3n) is 3.79. The number of carbonyl (C=O) groups excluding carboxylic acids is 1. The second kappa shape index (κ2) is 5.70. The summed E-state index contributed by atoms with van der Waals surface area (Å²) in [5.74, 6) is 0.853. The van der Waals surface area contributed by atoms with Crippen molar-refractivity contribution in [1.29, 1.82) is 0 Å². The van der Waals surface area contributed by atoms with Gasteiger partial charge in [-0.1, -0.05) is 45.3 Å². The maximum absolute atomic E-state index is 12.0. The Bertz CT molecular complexity index is 300. The van der Waals surface area contributed by atoms with E-state index >= 15 is 0 Å². The molecule has 2 unspecified atom stereocenters. The predicted octanol–water partition coefficient (Wildman–Crippen LogP) is 3.53. The Kier molecular flexibility index (Phi) is 4.79. The second-order valence-corrected chi connectivity index (χ2v) is 6.07. The van der Waals surface area contributed by atoms with Crippen LogP contribution in [0, 0.1) is 17.3 Å². The monoisotopic (exact) mass is 237 g/mol. The molecular formula is C15H27NO. The second-order valence-electron chi connectivity index (χ2n) is 6.07. The normalized spacial score (nSPS) is 25.2. The number of carbonyl (C=O) groups is 1. The Balaban J connectivity index is 2.41. The summed E-state index contributed by atoms with van der Waals surface area (Å²) in [5.41, 5.74) is 1.45. The van der Waals surface area contributed by atoms with E-state index in [1.807, 2.05) is 0 Å². The van der Waals surface area contributed by atoms with E-state index in [-0.39, 0.29) is 17.2 Å². The van der Waals surface area contributed by atoms with E-state index < -0.39 is 0 Å². The van der Waals surface area contributed by atoms with Crippen molar-refractivity contribution >= 4 is 5.91 Å². The minimum atomic E-state index is 0.145. The van der Waals surface area contributed by atoms with Crippen molar-refractivity contribution in [2.24, 2.45) is 17.3 Å². The van der Waals surface area contributed by atoms with E-state index in [9.17, 15) is 4.79 Å². The zero-order valence-corrected chi connectivity index (χ0v) is 12.0. The van der Waals surface area contributed by atoms with Gasteiger partial charge in [-0.15, -0.1) is 0 Å². The average molecular weight is 237 g/mol. The van der Waals surface area contributed by atoms with Gasteiger partial charge in [-0.25, -0.2) is 0 Å². The van der Waals surface area contributed by atoms with Crippen molar-refractivity contribution in [3.05, 3.63) is 11.6 Å². The molecule has 2 atom stereocenters. The molecule has 2 nitrogen and oxygen atoms in total. The fourth-order valence-electron chi connectivity index (χ4n) is 2.55. The summed E-state index contributed by atoms with van der Waals surface area (Å²) >= 11 is 0. The van der Waals surface area contributed by atoms with Gasteiger partial charge in [-0.3, -0.25) is 4.79 Å². The van der Waals surface area contributed by atoms with Gasteiger partial charge in [0.15, 0.2) is 0 Å². The Hall–Kier alpha value is -0.790. The maximum atomic E-state index is 12.0. The molecule has 0 saturated heterocycles. The first-order valence-corrected chi connectivity index (χ1v) is 6.84. The number of hydrogen-bond acceptors (Lipinski definition) is 1. The summed E-state index contributed by atoms with van der Waals surface area (Å²) in [7, 11) is 0. The molecule has 2 heteroatoms. The zero-order chi connectivity index (χ0) is 13.1. The Labute approximate surface area is 106 Å². The molecule has 1 aliphatic carbocycles. The van der Waals surface area contributed by atoms with Crippen LogP contribution in [0.25, 0.3) is 0 Å². The SMILES string of the molecule is CCCCCNC(=O)C1C(C=C(C)C)C1(C)C. The molecule has 0 aromatic heterocycles. The van der Waals surface area contributed by atoms with E-state index in [0.29, 0.717) is 5.92 Å². The highest BCUT2D eigenvalue weighted by atomic mass is 16.2. The van der Waals surface area contributed by atoms with Gasteiger partial charge in [0.2, 0.25) is 5.91 Å². The summed E-state index contributed by atoms with van der Waals surface area (Å²) in [5, 5.41) is 3.07. The number of rotatable bonds is 6. The van der Waals surface area contributed by atoms with Crippen LogP contribution >= 0.6 is 0 Å². The maximum Gasteiger partial charge on any atom is 0.224 e. The van der Waals surface area contributed by atoms with Crippen molar-refractivity contribution in [3.8, 4) is 0 Å². The van der Waals surface area contributed by atoms with Gasteiger partial charge < -0.3 is 5.32 Å². The highest BCUT2D eigenvalue weighted by Crippen LogP contribution is 2.59. The highest BCUT2D eigenvalue weighted by Gasteiger charge is 2.60. The largest absolute Gasteiger partial charge is 0.356 e. The van der Waals surface area contributed by atoms with Crippen molar-refractivity contribution in [3.63, 3.8) is 0 Å². The van der Waals surface area contributed by atoms with Crippen LogP contribution in [0.3, 0.4) is 0 Å². The fourth-order valence-corrected chi connectivity index (χ4v) is 2.55. The van der Waals surface area contributed by atoms with Gasteiger partial charge in [0.1, 0.15) is 0 Å². The molecule has 0 aromatic carbocycles. The molecule has 0 bridgehead atoms. The Morgan fingerprint density at radius 3 is 2.47 bits per heavy atom.